The Hall–Kier alpha value is -0.950. The molecule has 0 bridgehead atoms. The summed E-state index contributed by atoms with van der Waals surface area (Å²) in [6.07, 6.45) is 0.932. The number of carbonyl (C=O) groups excluding carboxylic acids is 1. The van der Waals surface area contributed by atoms with Crippen LogP contribution in [0.5, 0.6) is 0 Å². The molecule has 90 valence electrons. The van der Waals surface area contributed by atoms with Crippen molar-refractivity contribution in [1.82, 2.24) is 16.4 Å². The van der Waals surface area contributed by atoms with Gasteiger partial charge in [-0.25, -0.2) is 10.9 Å². The maximum Gasteiger partial charge on any atom is 0.246 e. The van der Waals surface area contributed by atoms with Crippen LogP contribution in [0.4, 0.5) is 5.69 Å². The zero-order valence-corrected chi connectivity index (χ0v) is 10.8. The fraction of sp³-hybridized carbons (Fsp3) is 0.364. The molecule has 1 amide bonds. The maximum absolute atomic E-state index is 12.3. The lowest BCUT2D eigenvalue weighted by atomic mass is 10.2. The zero-order valence-electron chi connectivity index (χ0n) is 9.16. The smallest absolute Gasteiger partial charge is 0.246 e. The number of halogens is 1. The van der Waals surface area contributed by atoms with Gasteiger partial charge in [-0.1, -0.05) is 22.0 Å². The van der Waals surface area contributed by atoms with Gasteiger partial charge in [0, 0.05) is 23.2 Å². The molecule has 0 aromatic heterocycles. The number of rotatable bonds is 1. The van der Waals surface area contributed by atoms with E-state index in [2.05, 4.69) is 38.4 Å². The monoisotopic (exact) mass is 296 g/mol. The highest BCUT2D eigenvalue weighted by Gasteiger charge is 2.31. The third kappa shape index (κ3) is 1.97. The first-order valence-electron chi connectivity index (χ1n) is 5.59. The van der Waals surface area contributed by atoms with E-state index in [-0.39, 0.29) is 11.9 Å². The Morgan fingerprint density at radius 2 is 2.35 bits per heavy atom. The number of hydrazine groups is 2. The summed E-state index contributed by atoms with van der Waals surface area (Å²) in [5.74, 6) is 0.111. The predicted octanol–water partition coefficient (Wildman–Crippen LogP) is 0.319. The van der Waals surface area contributed by atoms with Gasteiger partial charge in [-0.3, -0.25) is 4.79 Å². The lowest BCUT2D eigenvalue weighted by Gasteiger charge is -2.20. The molecule has 0 saturated carbocycles. The van der Waals surface area contributed by atoms with E-state index in [4.69, 9.17) is 0 Å². The number of anilines is 1. The highest BCUT2D eigenvalue weighted by molar-refractivity contribution is 9.10. The average molecular weight is 297 g/mol. The van der Waals surface area contributed by atoms with Crippen LogP contribution in [0.15, 0.2) is 22.7 Å². The molecule has 17 heavy (non-hydrogen) atoms. The van der Waals surface area contributed by atoms with Crippen LogP contribution in [-0.4, -0.2) is 25.0 Å². The van der Waals surface area contributed by atoms with Crippen molar-refractivity contribution in [2.75, 3.05) is 18.0 Å². The summed E-state index contributed by atoms with van der Waals surface area (Å²) in [5.41, 5.74) is 10.8. The van der Waals surface area contributed by atoms with E-state index in [0.717, 1.165) is 23.1 Å². The molecule has 2 heterocycles. The van der Waals surface area contributed by atoms with E-state index in [1.54, 1.807) is 0 Å². The predicted molar refractivity (Wildman–Crippen MR) is 68.3 cm³/mol. The van der Waals surface area contributed by atoms with Crippen LogP contribution in [0, 0.1) is 0 Å². The first kappa shape index (κ1) is 11.2. The summed E-state index contributed by atoms with van der Waals surface area (Å²) < 4.78 is 1.01. The minimum absolute atomic E-state index is 0.111. The summed E-state index contributed by atoms with van der Waals surface area (Å²) in [6, 6.07) is 5.91. The molecule has 1 aromatic rings. The van der Waals surface area contributed by atoms with Gasteiger partial charge in [0.15, 0.2) is 0 Å². The third-order valence-corrected chi connectivity index (χ3v) is 3.64. The topological polar surface area (TPSA) is 56.4 Å². The van der Waals surface area contributed by atoms with Crippen molar-refractivity contribution in [3.05, 3.63) is 28.2 Å². The number of benzene rings is 1. The number of nitrogens with one attached hydrogen (secondary N) is 3. The molecule has 0 radical (unpaired) electrons. The number of fused-ring (bicyclic) bond motifs is 1. The molecule has 5 nitrogen and oxygen atoms in total. The molecule has 0 spiro atoms. The second-order valence-corrected chi connectivity index (χ2v) is 5.13. The van der Waals surface area contributed by atoms with Crippen molar-refractivity contribution in [1.29, 1.82) is 0 Å². The maximum atomic E-state index is 12.3. The van der Waals surface area contributed by atoms with Gasteiger partial charge < -0.3 is 4.90 Å². The summed E-state index contributed by atoms with van der Waals surface area (Å²) in [4.78, 5) is 14.1. The lowest BCUT2D eigenvalue weighted by molar-refractivity contribution is -0.120. The second kappa shape index (κ2) is 4.38. The van der Waals surface area contributed by atoms with Gasteiger partial charge in [0.1, 0.15) is 6.04 Å². The van der Waals surface area contributed by atoms with Crippen LogP contribution in [-0.2, 0) is 11.2 Å². The van der Waals surface area contributed by atoms with Crippen molar-refractivity contribution in [2.45, 2.75) is 12.5 Å². The molecular weight excluding hydrogens is 284 g/mol. The molecule has 0 aliphatic carbocycles. The van der Waals surface area contributed by atoms with Crippen molar-refractivity contribution in [3.63, 3.8) is 0 Å². The summed E-state index contributed by atoms with van der Waals surface area (Å²) in [5, 5.41) is 0. The SMILES string of the molecule is O=C(C1CNNN1)N1CCc2ccc(Br)cc21. The molecule has 2 aliphatic rings. The second-order valence-electron chi connectivity index (χ2n) is 4.22. The van der Waals surface area contributed by atoms with Crippen LogP contribution in [0.2, 0.25) is 0 Å². The molecular formula is C11H13BrN4O. The van der Waals surface area contributed by atoms with Crippen LogP contribution in [0.1, 0.15) is 5.56 Å². The number of nitrogens with zero attached hydrogens (tertiary/aromatic N) is 1. The van der Waals surface area contributed by atoms with Crippen molar-refractivity contribution >= 4 is 27.5 Å². The summed E-state index contributed by atoms with van der Waals surface area (Å²) in [6.45, 7) is 1.38. The molecule has 1 saturated heterocycles. The summed E-state index contributed by atoms with van der Waals surface area (Å²) in [7, 11) is 0. The minimum Gasteiger partial charge on any atom is -0.310 e. The third-order valence-electron chi connectivity index (χ3n) is 3.15. The van der Waals surface area contributed by atoms with Gasteiger partial charge >= 0.3 is 0 Å². The lowest BCUT2D eigenvalue weighted by Crippen LogP contribution is -2.46. The normalized spacial score (nSPS) is 22.9. The molecule has 6 heteroatoms. The van der Waals surface area contributed by atoms with Gasteiger partial charge in [0.25, 0.3) is 0 Å². The first-order valence-corrected chi connectivity index (χ1v) is 6.38. The van der Waals surface area contributed by atoms with Crippen molar-refractivity contribution in [2.24, 2.45) is 0 Å². The minimum atomic E-state index is -0.195. The molecule has 1 aromatic carbocycles. The fourth-order valence-corrected chi connectivity index (χ4v) is 2.61. The Morgan fingerprint density at radius 1 is 1.47 bits per heavy atom. The van der Waals surface area contributed by atoms with Gasteiger partial charge in [0.2, 0.25) is 5.91 Å². The fourth-order valence-electron chi connectivity index (χ4n) is 2.26. The van der Waals surface area contributed by atoms with Gasteiger partial charge in [-0.05, 0) is 24.1 Å². The van der Waals surface area contributed by atoms with E-state index in [9.17, 15) is 4.79 Å². The molecule has 1 atom stereocenters. The van der Waals surface area contributed by atoms with Crippen molar-refractivity contribution < 1.29 is 4.79 Å². The van der Waals surface area contributed by atoms with Crippen LogP contribution < -0.4 is 21.3 Å². The van der Waals surface area contributed by atoms with Crippen molar-refractivity contribution in [3.8, 4) is 0 Å². The molecule has 1 unspecified atom stereocenters. The van der Waals surface area contributed by atoms with E-state index >= 15 is 0 Å². The Balaban J connectivity index is 1.87. The van der Waals surface area contributed by atoms with Gasteiger partial charge in [-0.15, -0.1) is 0 Å². The van der Waals surface area contributed by atoms with Crippen LogP contribution >= 0.6 is 15.9 Å². The van der Waals surface area contributed by atoms with E-state index in [1.165, 1.54) is 5.56 Å². The van der Waals surface area contributed by atoms with Crippen LogP contribution in [0.3, 0.4) is 0 Å². The Morgan fingerprint density at radius 3 is 3.12 bits per heavy atom. The van der Waals surface area contributed by atoms with Gasteiger partial charge in [0.05, 0.1) is 0 Å². The number of carbonyl (C=O) groups is 1. The first-order chi connectivity index (χ1) is 8.25. The molecule has 3 rings (SSSR count). The number of hydrogen-bond acceptors (Lipinski definition) is 4. The van der Waals surface area contributed by atoms with Gasteiger partial charge in [-0.2, -0.15) is 5.53 Å². The molecule has 3 N–H and O–H groups in total. The molecule has 1 fully saturated rings. The standard InChI is InChI=1S/C11H13BrN4O/c12-8-2-1-7-3-4-16(10(7)5-8)11(17)9-6-13-15-14-9/h1-2,5,9,13-15H,3-4,6H2. The number of hydrogen-bond donors (Lipinski definition) is 3. The highest BCUT2D eigenvalue weighted by atomic mass is 79.9. The Labute approximate surface area is 108 Å². The van der Waals surface area contributed by atoms with E-state index < -0.39 is 0 Å². The van der Waals surface area contributed by atoms with E-state index in [0.29, 0.717) is 6.54 Å². The zero-order chi connectivity index (χ0) is 11.8. The summed E-state index contributed by atoms with van der Waals surface area (Å²) >= 11 is 3.45. The Kier molecular flexibility index (Phi) is 2.87. The quantitative estimate of drug-likeness (QED) is 0.699. The van der Waals surface area contributed by atoms with E-state index in [1.807, 2.05) is 17.0 Å². The average Bonchev–Trinajstić information content (AvgIpc) is 2.97. The molecule has 2 aliphatic heterocycles. The van der Waals surface area contributed by atoms with Crippen LogP contribution in [0.25, 0.3) is 0 Å². The highest BCUT2D eigenvalue weighted by Crippen LogP contribution is 2.31. The number of amides is 1. The Bertz CT molecular complexity index is 459. The largest absolute Gasteiger partial charge is 0.310 e.